The number of carbonyl (C=O) groups excluding carboxylic acids is 1. The van der Waals surface area contributed by atoms with Gasteiger partial charge in [-0.2, -0.15) is 0 Å². The van der Waals surface area contributed by atoms with E-state index in [0.717, 1.165) is 38.5 Å². The molecule has 1 aliphatic heterocycles. The van der Waals surface area contributed by atoms with Crippen molar-refractivity contribution in [2.45, 2.75) is 211 Å². The fourth-order valence-electron chi connectivity index (χ4n) is 6.10. The number of aliphatic hydroxyl groups excluding tert-OH is 5. The standard InChI is InChI=1S/C36H71NO8/c1-3-5-7-9-11-12-13-14-15-16-17-18-20-21-23-25-30(39)29(37-32(40)26-24-22-19-10-8-6-4-2)28-44-36-35(43)34(42)33(41)31(27-38)45-36/h29-31,33-36,38-39,41-43H,3-28H2,1-2H3,(H,37,40)/t29-,30+,31+,33+,34?,35?,36+/m0/s1. The van der Waals surface area contributed by atoms with Crippen LogP contribution in [0, 0.1) is 0 Å². The van der Waals surface area contributed by atoms with E-state index in [4.69, 9.17) is 9.47 Å². The first-order valence-electron chi connectivity index (χ1n) is 18.7. The second kappa shape index (κ2) is 28.2. The number of amides is 1. The number of nitrogens with one attached hydrogen (secondary N) is 1. The lowest BCUT2D eigenvalue weighted by molar-refractivity contribution is -0.302. The third-order valence-electron chi connectivity index (χ3n) is 9.21. The second-order valence-electron chi connectivity index (χ2n) is 13.4. The Kier molecular flexibility index (Phi) is 26.5. The van der Waals surface area contributed by atoms with Gasteiger partial charge in [-0.25, -0.2) is 0 Å². The molecule has 0 spiro atoms. The molecule has 2 unspecified atom stereocenters. The zero-order valence-electron chi connectivity index (χ0n) is 28.9. The molecule has 0 radical (unpaired) electrons. The predicted octanol–water partition coefficient (Wildman–Crippen LogP) is 6.05. The topological polar surface area (TPSA) is 149 Å². The summed E-state index contributed by atoms with van der Waals surface area (Å²) in [6.07, 6.45) is 19.8. The summed E-state index contributed by atoms with van der Waals surface area (Å²) in [5.41, 5.74) is 0. The van der Waals surface area contributed by atoms with Crippen LogP contribution < -0.4 is 5.32 Å². The van der Waals surface area contributed by atoms with Crippen molar-refractivity contribution in [1.29, 1.82) is 0 Å². The van der Waals surface area contributed by atoms with Crippen molar-refractivity contribution in [3.63, 3.8) is 0 Å². The van der Waals surface area contributed by atoms with Crippen LogP contribution >= 0.6 is 0 Å². The molecule has 1 aliphatic rings. The van der Waals surface area contributed by atoms with Crippen molar-refractivity contribution in [3.8, 4) is 0 Å². The van der Waals surface area contributed by atoms with Gasteiger partial charge in [-0.15, -0.1) is 0 Å². The van der Waals surface area contributed by atoms with Gasteiger partial charge in [0.25, 0.3) is 0 Å². The summed E-state index contributed by atoms with van der Waals surface area (Å²) in [5.74, 6) is -0.151. The van der Waals surface area contributed by atoms with Gasteiger partial charge in [0.1, 0.15) is 24.4 Å². The molecule has 0 bridgehead atoms. The molecule has 1 rings (SSSR count). The Bertz CT molecular complexity index is 681. The third kappa shape index (κ3) is 20.2. The van der Waals surface area contributed by atoms with E-state index in [0.29, 0.717) is 12.8 Å². The van der Waals surface area contributed by atoms with Gasteiger partial charge in [0.2, 0.25) is 5.91 Å². The molecule has 1 amide bonds. The Labute approximate surface area is 274 Å². The molecule has 45 heavy (non-hydrogen) atoms. The zero-order valence-corrected chi connectivity index (χ0v) is 28.9. The molecule has 268 valence electrons. The number of ether oxygens (including phenoxy) is 2. The van der Waals surface area contributed by atoms with Gasteiger partial charge in [-0.05, 0) is 12.8 Å². The van der Waals surface area contributed by atoms with Gasteiger partial charge in [0, 0.05) is 6.42 Å². The van der Waals surface area contributed by atoms with Crippen molar-refractivity contribution in [2.75, 3.05) is 13.2 Å². The highest BCUT2D eigenvalue weighted by Gasteiger charge is 2.44. The second-order valence-corrected chi connectivity index (χ2v) is 13.4. The number of carbonyl (C=O) groups is 1. The lowest BCUT2D eigenvalue weighted by Gasteiger charge is -2.40. The van der Waals surface area contributed by atoms with E-state index < -0.39 is 49.5 Å². The number of aliphatic hydroxyl groups is 5. The van der Waals surface area contributed by atoms with Gasteiger partial charge < -0.3 is 40.3 Å². The molecular formula is C36H71NO8. The van der Waals surface area contributed by atoms with Gasteiger partial charge in [0.05, 0.1) is 25.4 Å². The fourth-order valence-corrected chi connectivity index (χ4v) is 6.10. The van der Waals surface area contributed by atoms with Crippen molar-refractivity contribution in [1.82, 2.24) is 5.32 Å². The summed E-state index contributed by atoms with van der Waals surface area (Å²) in [5, 5.41) is 53.9. The van der Waals surface area contributed by atoms with E-state index in [2.05, 4.69) is 19.2 Å². The molecule has 9 nitrogen and oxygen atoms in total. The van der Waals surface area contributed by atoms with Crippen LogP contribution in [-0.2, 0) is 14.3 Å². The Morgan fingerprint density at radius 3 is 1.58 bits per heavy atom. The lowest BCUT2D eigenvalue weighted by atomic mass is 9.99. The lowest BCUT2D eigenvalue weighted by Crippen LogP contribution is -2.60. The first-order chi connectivity index (χ1) is 21.8. The van der Waals surface area contributed by atoms with Crippen LogP contribution in [0.4, 0.5) is 0 Å². The maximum atomic E-state index is 12.8. The highest BCUT2D eigenvalue weighted by atomic mass is 16.7. The highest BCUT2D eigenvalue weighted by Crippen LogP contribution is 2.23. The molecule has 0 aromatic heterocycles. The summed E-state index contributed by atoms with van der Waals surface area (Å²) >= 11 is 0. The maximum Gasteiger partial charge on any atom is 0.220 e. The van der Waals surface area contributed by atoms with Crippen LogP contribution in [0.1, 0.15) is 168 Å². The molecule has 0 aliphatic carbocycles. The van der Waals surface area contributed by atoms with Gasteiger partial charge in [-0.1, -0.05) is 149 Å². The van der Waals surface area contributed by atoms with Gasteiger partial charge in [-0.3, -0.25) is 4.79 Å². The maximum absolute atomic E-state index is 12.8. The SMILES string of the molecule is CCCCCCCCCCCCCCCCC[C@@H](O)[C@H](CO[C@@H]1O[C@H](CO)[C@@H](O)C(O)C1O)NC(=O)CCCCCCCCC. The minimum atomic E-state index is -1.54. The van der Waals surface area contributed by atoms with Gasteiger partial charge >= 0.3 is 0 Å². The molecular weight excluding hydrogens is 574 g/mol. The van der Waals surface area contributed by atoms with E-state index in [1.54, 1.807) is 0 Å². The Morgan fingerprint density at radius 1 is 0.667 bits per heavy atom. The van der Waals surface area contributed by atoms with Crippen LogP contribution in [-0.4, -0.2) is 87.5 Å². The Hall–Kier alpha value is -0.810. The fraction of sp³-hybridized carbons (Fsp3) is 0.972. The van der Waals surface area contributed by atoms with Crippen molar-refractivity contribution < 1.29 is 39.8 Å². The van der Waals surface area contributed by atoms with Crippen molar-refractivity contribution in [2.24, 2.45) is 0 Å². The summed E-state index contributed by atoms with van der Waals surface area (Å²) in [4.78, 5) is 12.8. The molecule has 0 aromatic carbocycles. The Morgan fingerprint density at radius 2 is 1.11 bits per heavy atom. The average molecular weight is 646 g/mol. The summed E-state index contributed by atoms with van der Waals surface area (Å²) in [7, 11) is 0. The smallest absolute Gasteiger partial charge is 0.220 e. The number of unbranched alkanes of at least 4 members (excludes halogenated alkanes) is 20. The van der Waals surface area contributed by atoms with E-state index in [9.17, 15) is 30.3 Å². The largest absolute Gasteiger partial charge is 0.394 e. The number of hydrogen-bond donors (Lipinski definition) is 6. The monoisotopic (exact) mass is 646 g/mol. The summed E-state index contributed by atoms with van der Waals surface area (Å²) in [6, 6.07) is -0.707. The predicted molar refractivity (Wildman–Crippen MR) is 180 cm³/mol. The average Bonchev–Trinajstić information content (AvgIpc) is 3.03. The van der Waals surface area contributed by atoms with E-state index >= 15 is 0 Å². The van der Waals surface area contributed by atoms with Crippen molar-refractivity contribution >= 4 is 5.91 Å². The van der Waals surface area contributed by atoms with Crippen LogP contribution in [0.2, 0.25) is 0 Å². The van der Waals surface area contributed by atoms with Crippen LogP contribution in [0.3, 0.4) is 0 Å². The minimum Gasteiger partial charge on any atom is -0.394 e. The molecule has 1 fully saturated rings. The number of rotatable bonds is 30. The molecule has 9 heteroatoms. The molecule has 0 saturated carbocycles. The van der Waals surface area contributed by atoms with E-state index in [1.807, 2.05) is 0 Å². The van der Waals surface area contributed by atoms with Gasteiger partial charge in [0.15, 0.2) is 6.29 Å². The van der Waals surface area contributed by atoms with E-state index in [1.165, 1.54) is 103 Å². The minimum absolute atomic E-state index is 0.134. The molecule has 6 N–H and O–H groups in total. The van der Waals surface area contributed by atoms with Crippen LogP contribution in [0.15, 0.2) is 0 Å². The zero-order chi connectivity index (χ0) is 33.1. The van der Waals surface area contributed by atoms with Crippen molar-refractivity contribution in [3.05, 3.63) is 0 Å². The highest BCUT2D eigenvalue weighted by molar-refractivity contribution is 5.76. The van der Waals surface area contributed by atoms with Crippen LogP contribution in [0.5, 0.6) is 0 Å². The Balaban J connectivity index is 2.39. The molecule has 7 atom stereocenters. The first-order valence-corrected chi connectivity index (χ1v) is 18.7. The quantitative estimate of drug-likeness (QED) is 0.0517. The number of hydrogen-bond acceptors (Lipinski definition) is 8. The summed E-state index contributed by atoms with van der Waals surface area (Å²) in [6.45, 7) is 3.77. The molecule has 0 aromatic rings. The first kappa shape index (κ1) is 42.2. The van der Waals surface area contributed by atoms with Crippen LogP contribution in [0.25, 0.3) is 0 Å². The molecule has 1 heterocycles. The summed E-state index contributed by atoms with van der Waals surface area (Å²) < 4.78 is 11.2. The normalized spacial score (nSPS) is 23.2. The van der Waals surface area contributed by atoms with E-state index in [-0.39, 0.29) is 12.5 Å². The third-order valence-corrected chi connectivity index (χ3v) is 9.21. The molecule has 1 saturated heterocycles.